The molecule has 9 rings (SSSR count). The largest absolute Gasteiger partial charge is 0.293 e. The van der Waals surface area contributed by atoms with Gasteiger partial charge in [-0.2, -0.15) is 0 Å². The van der Waals surface area contributed by atoms with Gasteiger partial charge in [-0.25, -0.2) is 4.98 Å². The van der Waals surface area contributed by atoms with E-state index in [1.54, 1.807) is 0 Å². The number of hydrogen-bond acceptors (Lipinski definition) is 2. The Labute approximate surface area is 223 Å². The Kier molecular flexibility index (Phi) is 4.05. The topological polar surface area (TPSA) is 30.7 Å². The van der Waals surface area contributed by atoms with Crippen LogP contribution in [0.1, 0.15) is 0 Å². The maximum absolute atomic E-state index is 5.30. The Morgan fingerprint density at radius 1 is 0.436 bits per heavy atom. The fourth-order valence-electron chi connectivity index (χ4n) is 6.52. The molecule has 0 N–H and O–H groups in total. The smallest absolute Gasteiger partial charge is 0.138 e. The molecule has 180 valence electrons. The average molecular weight is 496 g/mol. The summed E-state index contributed by atoms with van der Waals surface area (Å²) < 4.78 is 2.36. The second-order valence-electron chi connectivity index (χ2n) is 10.2. The zero-order chi connectivity index (χ0) is 25.5. The van der Waals surface area contributed by atoms with Crippen LogP contribution in [0.4, 0.5) is 0 Å². The fourth-order valence-corrected chi connectivity index (χ4v) is 6.52. The monoisotopic (exact) mass is 495 g/mol. The molecule has 39 heavy (non-hydrogen) atoms. The molecule has 9 aromatic rings. The molecule has 0 aliphatic rings. The third kappa shape index (κ3) is 2.76. The highest BCUT2D eigenvalue weighted by molar-refractivity contribution is 6.35. The van der Waals surface area contributed by atoms with Crippen LogP contribution in [0.3, 0.4) is 0 Å². The van der Waals surface area contributed by atoms with Crippen LogP contribution in [0.15, 0.2) is 128 Å². The van der Waals surface area contributed by atoms with Crippen molar-refractivity contribution in [2.75, 3.05) is 0 Å². The van der Waals surface area contributed by atoms with E-state index in [9.17, 15) is 0 Å². The number of nitrogens with zero attached hydrogens (tertiary/aromatic N) is 3. The first-order chi connectivity index (χ1) is 19.4. The molecule has 3 nitrogen and oxygen atoms in total. The minimum absolute atomic E-state index is 0.900. The third-order valence-electron chi connectivity index (χ3n) is 8.17. The Hall–Kier alpha value is -5.28. The van der Waals surface area contributed by atoms with Crippen LogP contribution >= 0.6 is 0 Å². The molecule has 0 unspecified atom stereocenters. The molecule has 3 heteroatoms. The predicted molar refractivity (Wildman–Crippen MR) is 164 cm³/mol. The molecule has 0 amide bonds. The van der Waals surface area contributed by atoms with E-state index in [0.717, 1.165) is 33.1 Å². The van der Waals surface area contributed by atoms with E-state index in [4.69, 9.17) is 9.97 Å². The van der Waals surface area contributed by atoms with Gasteiger partial charge in [-0.05, 0) is 51.2 Å². The van der Waals surface area contributed by atoms with Crippen LogP contribution in [0, 0.1) is 0 Å². The van der Waals surface area contributed by atoms with Crippen LogP contribution in [0.25, 0.3) is 81.7 Å². The van der Waals surface area contributed by atoms with Crippen molar-refractivity contribution in [1.82, 2.24) is 14.5 Å². The van der Waals surface area contributed by atoms with E-state index >= 15 is 0 Å². The van der Waals surface area contributed by atoms with Gasteiger partial charge in [0.1, 0.15) is 5.82 Å². The fraction of sp³-hybridized carbons (Fsp3) is 0. The highest BCUT2D eigenvalue weighted by Crippen LogP contribution is 2.44. The Bertz CT molecular complexity index is 2450. The molecule has 3 aromatic heterocycles. The number of hydrogen-bond donors (Lipinski definition) is 0. The summed E-state index contributed by atoms with van der Waals surface area (Å²) >= 11 is 0. The first kappa shape index (κ1) is 20.7. The normalized spacial score (nSPS) is 12.1. The molecule has 0 saturated carbocycles. The quantitative estimate of drug-likeness (QED) is 0.212. The third-order valence-corrected chi connectivity index (χ3v) is 8.17. The summed E-state index contributed by atoms with van der Waals surface area (Å²) in [7, 11) is 0. The first-order valence-corrected chi connectivity index (χ1v) is 13.3. The van der Waals surface area contributed by atoms with Crippen molar-refractivity contribution in [3.05, 3.63) is 128 Å². The highest BCUT2D eigenvalue weighted by atomic mass is 15.1. The van der Waals surface area contributed by atoms with E-state index in [2.05, 4.69) is 120 Å². The highest BCUT2D eigenvalue weighted by Gasteiger charge is 2.20. The Balaban J connectivity index is 1.55. The molecular formula is C36H21N3. The Morgan fingerprint density at radius 3 is 1.95 bits per heavy atom. The minimum Gasteiger partial charge on any atom is -0.293 e. The number of para-hydroxylation sites is 1. The summed E-state index contributed by atoms with van der Waals surface area (Å²) in [6.07, 6.45) is 1.85. The molecule has 0 fully saturated rings. The standard InChI is InChI=1S/C36H21N3/c1-2-10-25-22(8-1)17-19-29-32(25)26-11-3-4-12-27(26)33-28-13-5-6-14-30(28)39(36(29)33)31-20-18-24-16-15-23-9-7-21-37-34(23)35(24)38-31/h1-21H. The lowest BCUT2D eigenvalue weighted by Gasteiger charge is -2.14. The number of pyridine rings is 2. The first-order valence-electron chi connectivity index (χ1n) is 13.3. The molecule has 6 aromatic carbocycles. The summed E-state index contributed by atoms with van der Waals surface area (Å²) in [5.41, 5.74) is 4.19. The van der Waals surface area contributed by atoms with Crippen LogP contribution in [0.5, 0.6) is 0 Å². The number of fused-ring (bicyclic) bond motifs is 13. The van der Waals surface area contributed by atoms with E-state index in [-0.39, 0.29) is 0 Å². The molecule has 0 bridgehead atoms. The Morgan fingerprint density at radius 2 is 1.08 bits per heavy atom. The van der Waals surface area contributed by atoms with Crippen molar-refractivity contribution in [2.45, 2.75) is 0 Å². The average Bonchev–Trinajstić information content (AvgIpc) is 3.36. The SMILES string of the molecule is c1ccc2c(c1)ccc1c2c2ccccc2c2c3ccccc3n(-c3ccc4ccc5cccnc5c4n3)c12. The van der Waals surface area contributed by atoms with Crippen LogP contribution in [-0.2, 0) is 0 Å². The maximum Gasteiger partial charge on any atom is 0.138 e. The summed E-state index contributed by atoms with van der Waals surface area (Å²) in [5, 5.41) is 12.3. The van der Waals surface area contributed by atoms with Gasteiger partial charge in [-0.1, -0.05) is 97.1 Å². The molecule has 0 aliphatic heterocycles. The number of rotatable bonds is 1. The van der Waals surface area contributed by atoms with Crippen LogP contribution < -0.4 is 0 Å². The van der Waals surface area contributed by atoms with Crippen molar-refractivity contribution >= 4 is 75.9 Å². The van der Waals surface area contributed by atoms with E-state index in [0.29, 0.717) is 0 Å². The van der Waals surface area contributed by atoms with Gasteiger partial charge in [0, 0.05) is 33.1 Å². The van der Waals surface area contributed by atoms with Gasteiger partial charge in [-0.15, -0.1) is 0 Å². The van der Waals surface area contributed by atoms with E-state index < -0.39 is 0 Å². The van der Waals surface area contributed by atoms with Gasteiger partial charge >= 0.3 is 0 Å². The number of aromatic nitrogens is 3. The van der Waals surface area contributed by atoms with Gasteiger partial charge in [0.2, 0.25) is 0 Å². The van der Waals surface area contributed by atoms with Crippen molar-refractivity contribution in [3.63, 3.8) is 0 Å². The maximum atomic E-state index is 5.30. The second kappa shape index (κ2) is 7.62. The van der Waals surface area contributed by atoms with Crippen LogP contribution in [-0.4, -0.2) is 14.5 Å². The van der Waals surface area contributed by atoms with Crippen molar-refractivity contribution in [2.24, 2.45) is 0 Å². The van der Waals surface area contributed by atoms with Gasteiger partial charge < -0.3 is 0 Å². The molecule has 0 spiro atoms. The second-order valence-corrected chi connectivity index (χ2v) is 10.2. The zero-order valence-electron chi connectivity index (χ0n) is 21.0. The lowest BCUT2D eigenvalue weighted by atomic mass is 9.93. The molecule has 0 radical (unpaired) electrons. The van der Waals surface area contributed by atoms with Gasteiger partial charge in [0.25, 0.3) is 0 Å². The molecular weight excluding hydrogens is 474 g/mol. The van der Waals surface area contributed by atoms with E-state index in [1.165, 1.54) is 48.6 Å². The summed E-state index contributed by atoms with van der Waals surface area (Å²) in [6.45, 7) is 0. The van der Waals surface area contributed by atoms with Crippen LogP contribution in [0.2, 0.25) is 0 Å². The van der Waals surface area contributed by atoms with Crippen molar-refractivity contribution in [1.29, 1.82) is 0 Å². The lowest BCUT2D eigenvalue weighted by molar-refractivity contribution is 1.11. The summed E-state index contributed by atoms with van der Waals surface area (Å²) in [6, 6.07) is 43.4. The van der Waals surface area contributed by atoms with Crippen molar-refractivity contribution < 1.29 is 0 Å². The summed E-state index contributed by atoms with van der Waals surface area (Å²) in [4.78, 5) is 10.0. The van der Waals surface area contributed by atoms with Gasteiger partial charge in [0.15, 0.2) is 0 Å². The summed E-state index contributed by atoms with van der Waals surface area (Å²) in [5.74, 6) is 0.900. The molecule has 0 aliphatic carbocycles. The lowest BCUT2D eigenvalue weighted by Crippen LogP contribution is -1.99. The molecule has 0 saturated heterocycles. The molecule has 0 atom stereocenters. The number of benzene rings is 6. The minimum atomic E-state index is 0.900. The van der Waals surface area contributed by atoms with Gasteiger partial charge in [0.05, 0.1) is 22.1 Å². The zero-order valence-corrected chi connectivity index (χ0v) is 21.0. The molecule has 3 heterocycles. The predicted octanol–water partition coefficient (Wildman–Crippen LogP) is 9.34. The van der Waals surface area contributed by atoms with E-state index in [1.807, 2.05) is 12.3 Å². The van der Waals surface area contributed by atoms with Crippen molar-refractivity contribution in [3.8, 4) is 5.82 Å². The van der Waals surface area contributed by atoms with Gasteiger partial charge in [-0.3, -0.25) is 9.55 Å².